The largest absolute Gasteiger partial charge is 0.479 e. The van der Waals surface area contributed by atoms with Crippen LogP contribution in [0.25, 0.3) is 0 Å². The number of aliphatic carboxylic acids is 1. The number of carbonyl (C=O) groups is 2. The summed E-state index contributed by atoms with van der Waals surface area (Å²) in [4.78, 5) is 25.3. The number of rotatable bonds is 3. The van der Waals surface area contributed by atoms with E-state index in [4.69, 9.17) is 0 Å². The maximum absolute atomic E-state index is 11.9. The van der Waals surface area contributed by atoms with Crippen LogP contribution in [0.15, 0.2) is 0 Å². The van der Waals surface area contributed by atoms with Gasteiger partial charge in [-0.15, -0.1) is 0 Å². The third kappa shape index (κ3) is 2.68. The van der Waals surface area contributed by atoms with Crippen molar-refractivity contribution < 1.29 is 14.7 Å². The average molecular weight is 255 g/mol. The molecule has 0 saturated heterocycles. The Kier molecular flexibility index (Phi) is 4.08. The Morgan fingerprint density at radius 2 is 1.78 bits per heavy atom. The number of hydrogen-bond acceptors (Lipinski definition) is 2. The van der Waals surface area contributed by atoms with Crippen LogP contribution >= 0.6 is 0 Å². The van der Waals surface area contributed by atoms with Gasteiger partial charge in [-0.1, -0.05) is 13.8 Å². The first kappa shape index (κ1) is 15.0. The molecular weight excluding hydrogens is 230 g/mol. The molecule has 0 radical (unpaired) electrons. The summed E-state index contributed by atoms with van der Waals surface area (Å²) in [6.07, 6.45) is 2.97. The highest BCUT2D eigenvalue weighted by atomic mass is 16.4. The fourth-order valence-electron chi connectivity index (χ4n) is 3.48. The lowest BCUT2D eigenvalue weighted by molar-refractivity contribution is -0.167. The molecule has 1 aliphatic rings. The zero-order valence-electron chi connectivity index (χ0n) is 12.1. The van der Waals surface area contributed by atoms with Gasteiger partial charge in [0, 0.05) is 13.0 Å². The van der Waals surface area contributed by atoms with Crippen molar-refractivity contribution in [3.63, 3.8) is 0 Å². The fraction of sp³-hybridized carbons (Fsp3) is 0.857. The number of nitrogens with zero attached hydrogens (tertiary/aromatic N) is 1. The normalized spacial score (nSPS) is 27.0. The Labute approximate surface area is 109 Å². The van der Waals surface area contributed by atoms with Gasteiger partial charge < -0.3 is 10.0 Å². The Balaban J connectivity index is 3.21. The van der Waals surface area contributed by atoms with E-state index >= 15 is 0 Å². The third-order valence-corrected chi connectivity index (χ3v) is 3.93. The molecule has 0 heterocycles. The van der Waals surface area contributed by atoms with Crippen LogP contribution in [-0.4, -0.2) is 33.5 Å². The number of amides is 1. The molecule has 0 aromatic rings. The van der Waals surface area contributed by atoms with Gasteiger partial charge in [0.05, 0.1) is 0 Å². The first-order valence-electron chi connectivity index (χ1n) is 6.66. The third-order valence-electron chi connectivity index (χ3n) is 3.93. The Hall–Kier alpha value is -1.06. The van der Waals surface area contributed by atoms with Gasteiger partial charge in [-0.3, -0.25) is 4.79 Å². The molecule has 1 N–H and O–H groups in total. The van der Waals surface area contributed by atoms with Crippen molar-refractivity contribution in [2.45, 2.75) is 71.9 Å². The highest BCUT2D eigenvalue weighted by Gasteiger charge is 2.51. The molecular formula is C14H25NO3. The van der Waals surface area contributed by atoms with Crippen LogP contribution in [0.1, 0.15) is 60.3 Å². The number of carbonyl (C=O) groups excluding carboxylic acids is 1. The van der Waals surface area contributed by atoms with E-state index in [0.717, 1.165) is 12.8 Å². The standard InChI is InChI=1S/C14H25NO3/c1-10(2)15(11(3)16)14(12(17)18)8-6-7-13(4,5)9-14/h10H,6-9H2,1-5H3,(H,17,18). The van der Waals surface area contributed by atoms with E-state index in [1.54, 1.807) is 4.90 Å². The van der Waals surface area contributed by atoms with Gasteiger partial charge in [0.25, 0.3) is 0 Å². The molecule has 104 valence electrons. The summed E-state index contributed by atoms with van der Waals surface area (Å²) in [5.41, 5.74) is -1.05. The highest BCUT2D eigenvalue weighted by molar-refractivity contribution is 5.86. The molecule has 0 aromatic carbocycles. The summed E-state index contributed by atoms with van der Waals surface area (Å²) >= 11 is 0. The number of hydrogen-bond donors (Lipinski definition) is 1. The molecule has 1 aliphatic carbocycles. The molecule has 1 saturated carbocycles. The zero-order chi connectivity index (χ0) is 14.1. The van der Waals surface area contributed by atoms with Gasteiger partial charge in [-0.25, -0.2) is 4.79 Å². The molecule has 4 heteroatoms. The zero-order valence-corrected chi connectivity index (χ0v) is 12.1. The lowest BCUT2D eigenvalue weighted by Crippen LogP contribution is -2.62. The van der Waals surface area contributed by atoms with Gasteiger partial charge in [0.2, 0.25) is 5.91 Å². The molecule has 4 nitrogen and oxygen atoms in total. The van der Waals surface area contributed by atoms with Gasteiger partial charge in [0.15, 0.2) is 0 Å². The van der Waals surface area contributed by atoms with Crippen LogP contribution in [0.5, 0.6) is 0 Å². The summed E-state index contributed by atoms with van der Waals surface area (Å²) in [5.74, 6) is -1.01. The van der Waals surface area contributed by atoms with Gasteiger partial charge in [-0.05, 0) is 44.9 Å². The lowest BCUT2D eigenvalue weighted by Gasteiger charge is -2.49. The van der Waals surface area contributed by atoms with Crippen LogP contribution in [-0.2, 0) is 9.59 Å². The molecule has 1 amide bonds. The quantitative estimate of drug-likeness (QED) is 0.843. The van der Waals surface area contributed by atoms with E-state index in [2.05, 4.69) is 13.8 Å². The topological polar surface area (TPSA) is 57.6 Å². The molecule has 1 fully saturated rings. The first-order valence-corrected chi connectivity index (χ1v) is 6.66. The van der Waals surface area contributed by atoms with Gasteiger partial charge in [-0.2, -0.15) is 0 Å². The SMILES string of the molecule is CC(=O)N(C(C)C)C1(C(=O)O)CCCC(C)(C)C1. The molecule has 0 spiro atoms. The van der Waals surface area contributed by atoms with E-state index < -0.39 is 11.5 Å². The van der Waals surface area contributed by atoms with Crippen molar-refractivity contribution in [2.24, 2.45) is 5.41 Å². The van der Waals surface area contributed by atoms with Crippen LogP contribution in [0.2, 0.25) is 0 Å². The van der Waals surface area contributed by atoms with E-state index in [0.29, 0.717) is 12.8 Å². The second-order valence-electron chi connectivity index (χ2n) is 6.51. The second kappa shape index (κ2) is 4.90. The smallest absolute Gasteiger partial charge is 0.329 e. The highest BCUT2D eigenvalue weighted by Crippen LogP contribution is 2.45. The van der Waals surface area contributed by atoms with Crippen LogP contribution in [0.4, 0.5) is 0 Å². The predicted octanol–water partition coefficient (Wildman–Crippen LogP) is 2.67. The van der Waals surface area contributed by atoms with Crippen molar-refractivity contribution in [1.29, 1.82) is 0 Å². The van der Waals surface area contributed by atoms with E-state index in [-0.39, 0.29) is 17.4 Å². The summed E-state index contributed by atoms with van der Waals surface area (Å²) in [5, 5.41) is 9.70. The maximum Gasteiger partial charge on any atom is 0.329 e. The molecule has 0 aromatic heterocycles. The molecule has 1 rings (SSSR count). The van der Waals surface area contributed by atoms with E-state index in [9.17, 15) is 14.7 Å². The van der Waals surface area contributed by atoms with Crippen molar-refractivity contribution >= 4 is 11.9 Å². The Morgan fingerprint density at radius 3 is 2.11 bits per heavy atom. The van der Waals surface area contributed by atoms with Crippen molar-refractivity contribution in [3.8, 4) is 0 Å². The van der Waals surface area contributed by atoms with Crippen LogP contribution in [0.3, 0.4) is 0 Å². The first-order chi connectivity index (χ1) is 8.12. The molecule has 0 bridgehead atoms. The summed E-state index contributed by atoms with van der Waals surface area (Å²) < 4.78 is 0. The number of carboxylic acid groups (broad SMARTS) is 1. The minimum atomic E-state index is -1.03. The van der Waals surface area contributed by atoms with Gasteiger partial charge in [0.1, 0.15) is 5.54 Å². The molecule has 0 aliphatic heterocycles. The average Bonchev–Trinajstić information content (AvgIpc) is 2.13. The predicted molar refractivity (Wildman–Crippen MR) is 70.3 cm³/mol. The van der Waals surface area contributed by atoms with Gasteiger partial charge >= 0.3 is 5.97 Å². The minimum Gasteiger partial charge on any atom is -0.479 e. The Bertz CT molecular complexity index is 349. The van der Waals surface area contributed by atoms with Crippen LogP contribution < -0.4 is 0 Å². The van der Waals surface area contributed by atoms with E-state index in [1.165, 1.54) is 6.92 Å². The van der Waals surface area contributed by atoms with E-state index in [1.807, 2.05) is 13.8 Å². The summed E-state index contributed by atoms with van der Waals surface area (Å²) in [6, 6.07) is -0.0903. The Morgan fingerprint density at radius 1 is 1.22 bits per heavy atom. The van der Waals surface area contributed by atoms with Crippen molar-refractivity contribution in [2.75, 3.05) is 0 Å². The number of carboxylic acids is 1. The lowest BCUT2D eigenvalue weighted by atomic mass is 9.67. The maximum atomic E-state index is 11.9. The minimum absolute atomic E-state index is 0.0285. The monoisotopic (exact) mass is 255 g/mol. The molecule has 18 heavy (non-hydrogen) atoms. The molecule has 1 unspecified atom stereocenters. The summed E-state index contributed by atoms with van der Waals surface area (Å²) in [6.45, 7) is 9.40. The van der Waals surface area contributed by atoms with Crippen LogP contribution in [0, 0.1) is 5.41 Å². The molecule has 1 atom stereocenters. The fourth-order valence-corrected chi connectivity index (χ4v) is 3.48. The summed E-state index contributed by atoms with van der Waals surface area (Å²) in [7, 11) is 0. The second-order valence-corrected chi connectivity index (χ2v) is 6.51. The van der Waals surface area contributed by atoms with Crippen molar-refractivity contribution in [3.05, 3.63) is 0 Å². The van der Waals surface area contributed by atoms with Crippen molar-refractivity contribution in [1.82, 2.24) is 4.90 Å².